The van der Waals surface area contributed by atoms with Crippen molar-refractivity contribution in [2.24, 2.45) is 0 Å². The third kappa shape index (κ3) is 4.91. The zero-order valence-electron chi connectivity index (χ0n) is 12.1. The fraction of sp³-hybridized carbons (Fsp3) is 0.857. The van der Waals surface area contributed by atoms with Crippen LogP contribution < -0.4 is 0 Å². The van der Waals surface area contributed by atoms with Gasteiger partial charge in [0.2, 0.25) is 5.91 Å². The average molecular weight is 270 g/mol. The van der Waals surface area contributed by atoms with Crippen molar-refractivity contribution in [3.05, 3.63) is 0 Å². The molecule has 0 bridgehead atoms. The molecule has 1 aliphatic rings. The Morgan fingerprint density at radius 3 is 2.37 bits per heavy atom. The van der Waals surface area contributed by atoms with Crippen LogP contribution in [0.25, 0.3) is 0 Å². The van der Waals surface area contributed by atoms with Gasteiger partial charge in [-0.3, -0.25) is 14.5 Å². The highest BCUT2D eigenvalue weighted by atomic mass is 16.3. The van der Waals surface area contributed by atoms with Crippen molar-refractivity contribution in [3.63, 3.8) is 0 Å². The topological polar surface area (TPSA) is 60.9 Å². The summed E-state index contributed by atoms with van der Waals surface area (Å²) >= 11 is 0. The van der Waals surface area contributed by atoms with Crippen molar-refractivity contribution in [2.75, 3.05) is 32.8 Å². The Labute approximate surface area is 115 Å². The molecular weight excluding hydrogens is 244 g/mol. The number of rotatable bonds is 7. The van der Waals surface area contributed by atoms with Gasteiger partial charge in [-0.05, 0) is 12.8 Å². The predicted octanol–water partition coefficient (Wildman–Crippen LogP) is 0.661. The molecule has 5 nitrogen and oxygen atoms in total. The number of aliphatic hydroxyl groups excluding tert-OH is 1. The Kier molecular flexibility index (Phi) is 7.02. The van der Waals surface area contributed by atoms with Crippen molar-refractivity contribution < 1.29 is 14.7 Å². The summed E-state index contributed by atoms with van der Waals surface area (Å²) in [5.74, 6) is 0.323. The maximum absolute atomic E-state index is 12.2. The van der Waals surface area contributed by atoms with Gasteiger partial charge in [0.25, 0.3) is 0 Å². The summed E-state index contributed by atoms with van der Waals surface area (Å²) in [6.45, 7) is 6.25. The van der Waals surface area contributed by atoms with Crippen molar-refractivity contribution in [3.8, 4) is 0 Å². The van der Waals surface area contributed by atoms with Crippen LogP contribution in [0.1, 0.15) is 39.5 Å². The molecule has 0 aliphatic carbocycles. The monoisotopic (exact) mass is 270 g/mol. The van der Waals surface area contributed by atoms with E-state index >= 15 is 0 Å². The Hall–Kier alpha value is -0.940. The minimum atomic E-state index is 0.0717. The number of likely N-dealkylation sites (tertiary alicyclic amines) is 1. The highest BCUT2D eigenvalue weighted by Crippen LogP contribution is 2.11. The van der Waals surface area contributed by atoms with Gasteiger partial charge in [-0.25, -0.2) is 0 Å². The first-order valence-electron chi connectivity index (χ1n) is 7.26. The summed E-state index contributed by atoms with van der Waals surface area (Å²) in [4.78, 5) is 27.2. The van der Waals surface area contributed by atoms with Crippen LogP contribution in [0.4, 0.5) is 0 Å². The highest BCUT2D eigenvalue weighted by molar-refractivity contribution is 5.84. The zero-order valence-corrected chi connectivity index (χ0v) is 12.1. The first kappa shape index (κ1) is 16.1. The van der Waals surface area contributed by atoms with Crippen molar-refractivity contribution in [1.29, 1.82) is 0 Å². The molecule has 0 atom stereocenters. The molecule has 1 aliphatic heterocycles. The molecule has 0 unspecified atom stereocenters. The second kappa shape index (κ2) is 8.27. The fourth-order valence-corrected chi connectivity index (χ4v) is 2.60. The molecule has 110 valence electrons. The Morgan fingerprint density at radius 1 is 1.32 bits per heavy atom. The van der Waals surface area contributed by atoms with Gasteiger partial charge >= 0.3 is 0 Å². The minimum absolute atomic E-state index is 0.0717. The number of hydrogen-bond acceptors (Lipinski definition) is 4. The Bertz CT molecular complexity index is 293. The van der Waals surface area contributed by atoms with E-state index in [4.69, 9.17) is 5.11 Å². The van der Waals surface area contributed by atoms with Gasteiger partial charge in [0, 0.05) is 38.5 Å². The fourth-order valence-electron chi connectivity index (χ4n) is 2.60. The lowest BCUT2D eigenvalue weighted by molar-refractivity contribution is -0.136. The lowest BCUT2D eigenvalue weighted by atomic mass is 10.1. The molecule has 0 aromatic heterocycles. The van der Waals surface area contributed by atoms with E-state index in [9.17, 15) is 9.59 Å². The van der Waals surface area contributed by atoms with Crippen LogP contribution in [0.15, 0.2) is 0 Å². The van der Waals surface area contributed by atoms with E-state index in [0.717, 1.165) is 12.8 Å². The van der Waals surface area contributed by atoms with E-state index < -0.39 is 0 Å². The van der Waals surface area contributed by atoms with Crippen LogP contribution in [-0.2, 0) is 9.59 Å². The van der Waals surface area contributed by atoms with Crippen molar-refractivity contribution >= 4 is 11.7 Å². The summed E-state index contributed by atoms with van der Waals surface area (Å²) in [6, 6.07) is 0.336. The van der Waals surface area contributed by atoms with Crippen LogP contribution in [0, 0.1) is 0 Å². The van der Waals surface area contributed by atoms with E-state index in [-0.39, 0.29) is 18.3 Å². The minimum Gasteiger partial charge on any atom is -0.395 e. The Morgan fingerprint density at radius 2 is 1.89 bits per heavy atom. The first-order valence-corrected chi connectivity index (χ1v) is 7.26. The van der Waals surface area contributed by atoms with Crippen molar-refractivity contribution in [1.82, 2.24) is 9.80 Å². The summed E-state index contributed by atoms with van der Waals surface area (Å²) in [6.07, 6.45) is 2.91. The number of ketones is 1. The predicted molar refractivity (Wildman–Crippen MR) is 73.8 cm³/mol. The SMILES string of the molecule is CCC(CC)N(CCO)CC(=O)N1CCC(=O)CC1. The lowest BCUT2D eigenvalue weighted by Gasteiger charge is -2.33. The standard InChI is InChI=1S/C14H26N2O3/c1-3-12(4-2)16(9-10-17)11-14(19)15-7-5-13(18)6-8-15/h12,17H,3-11H2,1-2H3. The van der Waals surface area contributed by atoms with Crippen LogP contribution in [0.3, 0.4) is 0 Å². The number of carbonyl (C=O) groups is 2. The van der Waals surface area contributed by atoms with E-state index in [1.54, 1.807) is 4.90 Å². The molecular formula is C14H26N2O3. The third-order valence-electron chi connectivity index (χ3n) is 3.86. The van der Waals surface area contributed by atoms with Crippen LogP contribution in [0.2, 0.25) is 0 Å². The number of Topliss-reactive ketones (excluding diaryl/α,β-unsaturated/α-hetero) is 1. The summed E-state index contributed by atoms with van der Waals surface area (Å²) in [5, 5.41) is 9.12. The van der Waals surface area contributed by atoms with Crippen molar-refractivity contribution in [2.45, 2.75) is 45.6 Å². The molecule has 0 saturated carbocycles. The molecule has 19 heavy (non-hydrogen) atoms. The van der Waals surface area contributed by atoms with Gasteiger partial charge in [0.05, 0.1) is 13.2 Å². The van der Waals surface area contributed by atoms with Gasteiger partial charge in [0.15, 0.2) is 0 Å². The van der Waals surface area contributed by atoms with Gasteiger partial charge in [0.1, 0.15) is 5.78 Å². The van der Waals surface area contributed by atoms with E-state index in [1.807, 2.05) is 0 Å². The molecule has 5 heteroatoms. The molecule has 1 rings (SSSR count). The molecule has 1 fully saturated rings. The normalized spacial score (nSPS) is 16.5. The molecule has 0 aromatic carbocycles. The van der Waals surface area contributed by atoms with Gasteiger partial charge in [-0.15, -0.1) is 0 Å². The lowest BCUT2D eigenvalue weighted by Crippen LogP contribution is -2.47. The third-order valence-corrected chi connectivity index (χ3v) is 3.86. The number of hydrogen-bond donors (Lipinski definition) is 1. The highest BCUT2D eigenvalue weighted by Gasteiger charge is 2.24. The zero-order chi connectivity index (χ0) is 14.3. The number of nitrogens with zero attached hydrogens (tertiary/aromatic N) is 2. The molecule has 1 N–H and O–H groups in total. The summed E-state index contributed by atoms with van der Waals surface area (Å²) < 4.78 is 0. The van der Waals surface area contributed by atoms with Gasteiger partial charge in [-0.2, -0.15) is 0 Å². The average Bonchev–Trinajstić information content (AvgIpc) is 2.41. The second-order valence-electron chi connectivity index (χ2n) is 5.08. The molecule has 1 saturated heterocycles. The van der Waals surface area contributed by atoms with Crippen LogP contribution in [-0.4, -0.2) is 65.4 Å². The number of aliphatic hydroxyl groups is 1. The Balaban J connectivity index is 2.52. The maximum atomic E-state index is 12.2. The molecule has 0 aromatic rings. The summed E-state index contributed by atoms with van der Waals surface area (Å²) in [5.41, 5.74) is 0. The van der Waals surface area contributed by atoms with Crippen LogP contribution in [0.5, 0.6) is 0 Å². The number of carbonyl (C=O) groups excluding carboxylic acids is 2. The molecule has 0 radical (unpaired) electrons. The van der Waals surface area contributed by atoms with E-state index in [1.165, 1.54) is 0 Å². The molecule has 0 spiro atoms. The largest absolute Gasteiger partial charge is 0.395 e. The van der Waals surface area contributed by atoms with E-state index in [2.05, 4.69) is 18.7 Å². The quantitative estimate of drug-likeness (QED) is 0.738. The van der Waals surface area contributed by atoms with Crippen LogP contribution >= 0.6 is 0 Å². The van der Waals surface area contributed by atoms with E-state index in [0.29, 0.717) is 45.1 Å². The molecule has 1 amide bonds. The second-order valence-corrected chi connectivity index (χ2v) is 5.08. The maximum Gasteiger partial charge on any atom is 0.236 e. The molecule has 1 heterocycles. The smallest absolute Gasteiger partial charge is 0.236 e. The number of piperidine rings is 1. The first-order chi connectivity index (χ1) is 9.12. The van der Waals surface area contributed by atoms with Gasteiger partial charge in [-0.1, -0.05) is 13.8 Å². The number of amides is 1. The summed E-state index contributed by atoms with van der Waals surface area (Å²) in [7, 11) is 0. The van der Waals surface area contributed by atoms with Gasteiger partial charge < -0.3 is 10.0 Å².